The van der Waals surface area contributed by atoms with Crippen LogP contribution in [-0.4, -0.2) is 111 Å². The van der Waals surface area contributed by atoms with Crippen LogP contribution >= 0.6 is 0 Å². The number of carbonyl (C=O) groups excluding carboxylic acids is 8. The monoisotopic (exact) mass is 711 g/mol. The lowest BCUT2D eigenvalue weighted by molar-refractivity contribution is -0.272. The zero-order valence-electron chi connectivity index (χ0n) is 29.3. The fraction of sp³-hybridized carbons (Fsp3) is 0.697. The summed E-state index contributed by atoms with van der Waals surface area (Å²) in [6.07, 6.45) is 4.79. The van der Waals surface area contributed by atoms with Crippen molar-refractivity contribution in [3.8, 4) is 0 Å². The van der Waals surface area contributed by atoms with Gasteiger partial charge in [0.05, 0.1) is 32.9 Å². The van der Waals surface area contributed by atoms with E-state index in [9.17, 15) is 38.4 Å². The fourth-order valence-corrected chi connectivity index (χ4v) is 4.86. The van der Waals surface area contributed by atoms with Crippen molar-refractivity contribution in [1.29, 1.82) is 0 Å². The standard InChI is InChI=1S/C33H53N5O12/c1-23(2)30(37-33(46)49-20-19-48-17-6-4-10-25(39)14-16-38-28(42)12-13-29(38)43)27(41)21-24(9-8-15-35-32(34)45)31(44)36-22-26(40)11-5-7-18-50-47-3/h12-13,23-24,30H,4-11,14-22H2,1-3H3,(H,36,44)(H,37,46)(H3,34,35,45). The van der Waals surface area contributed by atoms with Gasteiger partial charge in [-0.25, -0.2) is 19.4 Å². The molecule has 1 aliphatic heterocycles. The van der Waals surface area contributed by atoms with Gasteiger partial charge in [0.15, 0.2) is 11.6 Å². The zero-order chi connectivity index (χ0) is 37.3. The summed E-state index contributed by atoms with van der Waals surface area (Å²) in [5.74, 6) is -3.12. The van der Waals surface area contributed by atoms with Gasteiger partial charge in [-0.1, -0.05) is 13.8 Å². The van der Waals surface area contributed by atoms with E-state index >= 15 is 0 Å². The van der Waals surface area contributed by atoms with Crippen LogP contribution in [0.2, 0.25) is 0 Å². The van der Waals surface area contributed by atoms with Crippen molar-refractivity contribution in [3.63, 3.8) is 0 Å². The molecule has 17 heteroatoms. The number of hydrogen-bond donors (Lipinski definition) is 4. The Hall–Kier alpha value is -4.22. The smallest absolute Gasteiger partial charge is 0.407 e. The molecule has 1 heterocycles. The van der Waals surface area contributed by atoms with Crippen molar-refractivity contribution in [2.45, 2.75) is 84.1 Å². The number of primary amides is 1. The molecule has 0 aromatic carbocycles. The molecule has 282 valence electrons. The summed E-state index contributed by atoms with van der Waals surface area (Å²) in [7, 11) is 1.39. The molecule has 6 amide bonds. The normalized spacial score (nSPS) is 13.6. The van der Waals surface area contributed by atoms with Gasteiger partial charge in [0.25, 0.3) is 11.8 Å². The number of rotatable bonds is 29. The molecular formula is C33H53N5O12. The van der Waals surface area contributed by atoms with Crippen molar-refractivity contribution < 1.29 is 57.6 Å². The minimum Gasteiger partial charge on any atom is -0.447 e. The Bertz CT molecular complexity index is 1160. The van der Waals surface area contributed by atoms with E-state index in [0.29, 0.717) is 45.3 Å². The first-order valence-electron chi connectivity index (χ1n) is 16.9. The Kier molecular flexibility index (Phi) is 22.5. The SMILES string of the molecule is COOCCCCC(=O)CNC(=O)C(CCCNC(N)=O)CC(=O)C(NC(=O)OCCOCCCCC(=O)CCN1C(=O)C=CC1=O)C(C)C. The highest BCUT2D eigenvalue weighted by molar-refractivity contribution is 6.13. The number of nitrogens with two attached hydrogens (primary N) is 1. The third-order valence-corrected chi connectivity index (χ3v) is 7.61. The van der Waals surface area contributed by atoms with Crippen LogP contribution in [0.15, 0.2) is 12.2 Å². The topological polar surface area (TPSA) is 239 Å². The van der Waals surface area contributed by atoms with Gasteiger partial charge >= 0.3 is 12.1 Å². The van der Waals surface area contributed by atoms with Gasteiger partial charge in [-0.15, -0.1) is 0 Å². The molecule has 0 fully saturated rings. The second kappa shape index (κ2) is 25.7. The number of nitrogens with zero attached hydrogens (tertiary/aromatic N) is 1. The summed E-state index contributed by atoms with van der Waals surface area (Å²) in [6.45, 7) is 4.20. The molecule has 0 spiro atoms. The van der Waals surface area contributed by atoms with E-state index in [1.54, 1.807) is 13.8 Å². The number of Topliss-reactive ketones (excluding diaryl/α,β-unsaturated/α-hetero) is 3. The Labute approximate surface area is 292 Å². The van der Waals surface area contributed by atoms with E-state index in [0.717, 1.165) is 4.90 Å². The quantitative estimate of drug-likeness (QED) is 0.0371. The average molecular weight is 712 g/mol. The molecule has 5 N–H and O–H groups in total. The van der Waals surface area contributed by atoms with E-state index in [1.165, 1.54) is 19.3 Å². The number of nitrogens with one attached hydrogen (secondary N) is 3. The van der Waals surface area contributed by atoms with Gasteiger partial charge in [-0.3, -0.25) is 33.7 Å². The largest absolute Gasteiger partial charge is 0.447 e. The zero-order valence-corrected chi connectivity index (χ0v) is 29.3. The van der Waals surface area contributed by atoms with Crippen molar-refractivity contribution in [2.24, 2.45) is 17.6 Å². The number of ether oxygens (including phenoxy) is 2. The Morgan fingerprint density at radius 3 is 2.12 bits per heavy atom. The fourth-order valence-electron chi connectivity index (χ4n) is 4.86. The average Bonchev–Trinajstić information content (AvgIpc) is 3.39. The maximum Gasteiger partial charge on any atom is 0.407 e. The molecule has 0 aromatic rings. The lowest BCUT2D eigenvalue weighted by Gasteiger charge is -2.23. The molecular weight excluding hydrogens is 658 g/mol. The number of unbranched alkanes of at least 4 members (excludes halogenated alkanes) is 2. The van der Waals surface area contributed by atoms with E-state index in [-0.39, 0.29) is 82.4 Å². The van der Waals surface area contributed by atoms with Crippen LogP contribution in [0, 0.1) is 11.8 Å². The third-order valence-electron chi connectivity index (χ3n) is 7.61. The first-order chi connectivity index (χ1) is 23.8. The Morgan fingerprint density at radius 1 is 0.820 bits per heavy atom. The highest BCUT2D eigenvalue weighted by atomic mass is 17.2. The summed E-state index contributed by atoms with van der Waals surface area (Å²) in [6, 6.07) is -1.67. The molecule has 1 rings (SSSR count). The Morgan fingerprint density at radius 2 is 1.48 bits per heavy atom. The van der Waals surface area contributed by atoms with Crippen LogP contribution < -0.4 is 21.7 Å². The lowest BCUT2D eigenvalue weighted by Crippen LogP contribution is -2.46. The van der Waals surface area contributed by atoms with Crippen LogP contribution in [0.1, 0.15) is 78.1 Å². The molecule has 2 unspecified atom stereocenters. The van der Waals surface area contributed by atoms with E-state index in [4.69, 9.17) is 20.1 Å². The highest BCUT2D eigenvalue weighted by Gasteiger charge is 2.30. The van der Waals surface area contributed by atoms with Crippen LogP contribution in [0.4, 0.5) is 9.59 Å². The lowest BCUT2D eigenvalue weighted by atomic mass is 9.89. The number of hydrogen-bond acceptors (Lipinski definition) is 12. The van der Waals surface area contributed by atoms with Gasteiger partial charge in [-0.2, -0.15) is 0 Å². The number of amides is 6. The minimum atomic E-state index is -0.950. The van der Waals surface area contributed by atoms with Crippen molar-refractivity contribution in [3.05, 3.63) is 12.2 Å². The summed E-state index contributed by atoms with van der Waals surface area (Å²) in [5.41, 5.74) is 5.10. The molecule has 0 bridgehead atoms. The first-order valence-corrected chi connectivity index (χ1v) is 16.9. The summed E-state index contributed by atoms with van der Waals surface area (Å²) in [4.78, 5) is 107. The van der Waals surface area contributed by atoms with Gasteiger partial charge in [-0.05, 0) is 44.4 Å². The van der Waals surface area contributed by atoms with E-state index in [2.05, 4.69) is 20.8 Å². The molecule has 2 atom stereocenters. The van der Waals surface area contributed by atoms with Gasteiger partial charge in [0, 0.05) is 63.4 Å². The second-order valence-corrected chi connectivity index (χ2v) is 12.0. The van der Waals surface area contributed by atoms with Crippen LogP contribution in [-0.2, 0) is 48.0 Å². The molecule has 0 radical (unpaired) electrons. The maximum absolute atomic E-state index is 13.3. The number of urea groups is 1. The number of imide groups is 1. The second-order valence-electron chi connectivity index (χ2n) is 12.0. The van der Waals surface area contributed by atoms with Gasteiger partial charge < -0.3 is 31.2 Å². The molecule has 17 nitrogen and oxygen atoms in total. The predicted octanol–water partition coefficient (Wildman–Crippen LogP) is 1.27. The minimum absolute atomic E-state index is 0.0600. The van der Waals surface area contributed by atoms with Crippen molar-refractivity contribution >= 4 is 47.2 Å². The van der Waals surface area contributed by atoms with Gasteiger partial charge in [0.1, 0.15) is 12.4 Å². The van der Waals surface area contributed by atoms with Crippen molar-refractivity contribution in [2.75, 3.05) is 53.2 Å². The van der Waals surface area contributed by atoms with Crippen LogP contribution in [0.25, 0.3) is 0 Å². The molecule has 0 aliphatic carbocycles. The molecule has 50 heavy (non-hydrogen) atoms. The molecule has 0 saturated heterocycles. The van der Waals surface area contributed by atoms with Crippen molar-refractivity contribution in [1.82, 2.24) is 20.9 Å². The first kappa shape index (κ1) is 43.8. The third kappa shape index (κ3) is 19.7. The number of carbonyl (C=O) groups is 8. The summed E-state index contributed by atoms with van der Waals surface area (Å²) < 4.78 is 10.6. The molecule has 1 aliphatic rings. The van der Waals surface area contributed by atoms with Crippen LogP contribution in [0.5, 0.6) is 0 Å². The predicted molar refractivity (Wildman–Crippen MR) is 178 cm³/mol. The van der Waals surface area contributed by atoms with E-state index < -0.39 is 47.6 Å². The number of ketones is 3. The maximum atomic E-state index is 13.3. The number of alkyl carbamates (subject to hydrolysis) is 1. The Balaban J connectivity index is 2.44. The van der Waals surface area contributed by atoms with Crippen LogP contribution in [0.3, 0.4) is 0 Å². The summed E-state index contributed by atoms with van der Waals surface area (Å²) >= 11 is 0. The van der Waals surface area contributed by atoms with Gasteiger partial charge in [0.2, 0.25) is 5.91 Å². The molecule has 0 saturated carbocycles. The van der Waals surface area contributed by atoms with E-state index in [1.807, 2.05) is 0 Å². The molecule has 0 aromatic heterocycles. The highest BCUT2D eigenvalue weighted by Crippen LogP contribution is 2.17. The summed E-state index contributed by atoms with van der Waals surface area (Å²) in [5, 5.41) is 7.59.